The van der Waals surface area contributed by atoms with E-state index in [9.17, 15) is 19.1 Å². The first-order valence-corrected chi connectivity index (χ1v) is 8.63. The van der Waals surface area contributed by atoms with E-state index in [4.69, 9.17) is 0 Å². The van der Waals surface area contributed by atoms with Crippen LogP contribution in [0.1, 0.15) is 37.9 Å². The van der Waals surface area contributed by atoms with Gasteiger partial charge in [-0.1, -0.05) is 32.9 Å². The molecule has 0 aliphatic carbocycles. The average Bonchev–Trinajstić information content (AvgIpc) is 2.87. The number of benzene rings is 1. The van der Waals surface area contributed by atoms with Crippen LogP contribution in [0.25, 0.3) is 0 Å². The van der Waals surface area contributed by atoms with Crippen LogP contribution in [0.15, 0.2) is 60.1 Å². The molecule has 1 aliphatic rings. The molecule has 5 nitrogen and oxygen atoms in total. The van der Waals surface area contributed by atoms with Crippen LogP contribution in [-0.4, -0.2) is 26.7 Å². The van der Waals surface area contributed by atoms with Gasteiger partial charge in [0, 0.05) is 24.4 Å². The van der Waals surface area contributed by atoms with Crippen LogP contribution in [0.4, 0.5) is 4.39 Å². The van der Waals surface area contributed by atoms with E-state index in [-0.39, 0.29) is 17.9 Å². The highest BCUT2D eigenvalue weighted by atomic mass is 19.1. The van der Waals surface area contributed by atoms with E-state index in [1.807, 2.05) is 0 Å². The third-order valence-corrected chi connectivity index (χ3v) is 4.52. The van der Waals surface area contributed by atoms with E-state index in [2.05, 4.69) is 4.98 Å². The lowest BCUT2D eigenvalue weighted by Crippen LogP contribution is -2.32. The van der Waals surface area contributed by atoms with Crippen molar-refractivity contribution in [2.75, 3.05) is 0 Å². The van der Waals surface area contributed by atoms with Gasteiger partial charge < -0.3 is 10.0 Å². The van der Waals surface area contributed by atoms with E-state index >= 15 is 0 Å². The maximum atomic E-state index is 13.4. The molecule has 1 aromatic carbocycles. The van der Waals surface area contributed by atoms with Gasteiger partial charge in [-0.05, 0) is 35.4 Å². The minimum Gasteiger partial charge on any atom is -0.503 e. The molecule has 1 N–H and O–H groups in total. The quantitative estimate of drug-likeness (QED) is 0.893. The van der Waals surface area contributed by atoms with Crippen LogP contribution in [0.2, 0.25) is 0 Å². The van der Waals surface area contributed by atoms with Crippen LogP contribution < -0.4 is 0 Å². The number of carbonyl (C=O) groups excluding carboxylic acids is 2. The number of aromatic nitrogens is 1. The third kappa shape index (κ3) is 3.60. The number of pyridine rings is 1. The fraction of sp³-hybridized carbons (Fsp3) is 0.286. The summed E-state index contributed by atoms with van der Waals surface area (Å²) in [5, 5.41) is 10.5. The van der Waals surface area contributed by atoms with Crippen molar-refractivity contribution in [2.24, 2.45) is 5.41 Å². The van der Waals surface area contributed by atoms with Crippen LogP contribution >= 0.6 is 0 Å². The molecule has 2 heterocycles. The Kier molecular flexibility index (Phi) is 4.83. The van der Waals surface area contributed by atoms with Crippen molar-refractivity contribution >= 4 is 11.7 Å². The van der Waals surface area contributed by atoms with E-state index in [0.29, 0.717) is 5.56 Å². The number of aliphatic hydroxyl groups is 1. The molecule has 0 bridgehead atoms. The van der Waals surface area contributed by atoms with Crippen molar-refractivity contribution in [3.8, 4) is 0 Å². The molecule has 6 heteroatoms. The first-order chi connectivity index (χ1) is 12.7. The van der Waals surface area contributed by atoms with Crippen LogP contribution in [-0.2, 0) is 16.1 Å². The van der Waals surface area contributed by atoms with Gasteiger partial charge >= 0.3 is 0 Å². The van der Waals surface area contributed by atoms with Gasteiger partial charge in [0.15, 0.2) is 11.5 Å². The van der Waals surface area contributed by atoms with Gasteiger partial charge in [-0.25, -0.2) is 4.39 Å². The first kappa shape index (κ1) is 18.8. The smallest absolute Gasteiger partial charge is 0.290 e. The zero-order valence-electron chi connectivity index (χ0n) is 15.4. The highest BCUT2D eigenvalue weighted by molar-refractivity contribution is 6.10. The monoisotopic (exact) mass is 368 g/mol. The maximum absolute atomic E-state index is 13.4. The molecule has 0 saturated carbocycles. The molecule has 27 heavy (non-hydrogen) atoms. The summed E-state index contributed by atoms with van der Waals surface area (Å²) in [6, 6.07) is 8.35. The Morgan fingerprint density at radius 1 is 1.15 bits per heavy atom. The summed E-state index contributed by atoms with van der Waals surface area (Å²) in [5.74, 6) is -1.90. The molecule has 0 saturated heterocycles. The van der Waals surface area contributed by atoms with Crippen molar-refractivity contribution in [3.63, 3.8) is 0 Å². The summed E-state index contributed by atoms with van der Waals surface area (Å²) in [4.78, 5) is 31.2. The number of hydrogen-bond donors (Lipinski definition) is 1. The molecule has 1 aromatic heterocycles. The number of hydrogen-bond acceptors (Lipinski definition) is 4. The van der Waals surface area contributed by atoms with Gasteiger partial charge in [-0.15, -0.1) is 0 Å². The fourth-order valence-electron chi connectivity index (χ4n) is 3.13. The standard InChI is InChI=1S/C21H21FN2O3/c1-21(2,3)19(26)16-17(14-4-6-15(22)7-5-14)24(20(27)18(16)25)12-13-8-10-23-11-9-13/h4-11,17,25H,12H2,1-3H3. The van der Waals surface area contributed by atoms with Crippen LogP contribution in [0.5, 0.6) is 0 Å². The number of carbonyl (C=O) groups is 2. The highest BCUT2D eigenvalue weighted by Crippen LogP contribution is 2.41. The summed E-state index contributed by atoms with van der Waals surface area (Å²) in [7, 11) is 0. The highest BCUT2D eigenvalue weighted by Gasteiger charge is 2.45. The van der Waals surface area contributed by atoms with Crippen molar-refractivity contribution in [1.29, 1.82) is 0 Å². The normalized spacial score (nSPS) is 17.6. The predicted octanol–water partition coefficient (Wildman–Crippen LogP) is 3.73. The molecular weight excluding hydrogens is 347 g/mol. The molecular formula is C21H21FN2O3. The molecule has 1 aliphatic heterocycles. The average molecular weight is 368 g/mol. The van der Waals surface area contributed by atoms with Crippen molar-refractivity contribution < 1.29 is 19.1 Å². The zero-order valence-corrected chi connectivity index (χ0v) is 15.4. The van der Waals surface area contributed by atoms with Gasteiger partial charge in [-0.3, -0.25) is 14.6 Å². The number of Topliss-reactive ketones (excluding diaryl/α,β-unsaturated/α-hetero) is 1. The van der Waals surface area contributed by atoms with Gasteiger partial charge in [0.1, 0.15) is 5.82 Å². The minimum absolute atomic E-state index is 0.0492. The van der Waals surface area contributed by atoms with E-state index in [1.54, 1.807) is 45.3 Å². The molecule has 3 rings (SSSR count). The molecule has 140 valence electrons. The fourth-order valence-corrected chi connectivity index (χ4v) is 3.13. The van der Waals surface area contributed by atoms with Crippen LogP contribution in [0.3, 0.4) is 0 Å². The maximum Gasteiger partial charge on any atom is 0.290 e. The number of nitrogens with zero attached hydrogens (tertiary/aromatic N) is 2. The molecule has 2 aromatic rings. The minimum atomic E-state index is -0.783. The largest absolute Gasteiger partial charge is 0.503 e. The van der Waals surface area contributed by atoms with Crippen molar-refractivity contribution in [2.45, 2.75) is 33.4 Å². The van der Waals surface area contributed by atoms with Gasteiger partial charge in [0.05, 0.1) is 11.6 Å². The van der Waals surface area contributed by atoms with Gasteiger partial charge in [0.2, 0.25) is 0 Å². The number of halogens is 1. The summed E-state index contributed by atoms with van der Waals surface area (Å²) < 4.78 is 13.4. The Hall–Kier alpha value is -3.02. The van der Waals surface area contributed by atoms with Crippen LogP contribution in [0, 0.1) is 11.2 Å². The number of rotatable bonds is 4. The number of ketones is 1. The Labute approximate surface area is 157 Å². The lowest BCUT2D eigenvalue weighted by Gasteiger charge is -2.29. The number of aliphatic hydroxyl groups excluding tert-OH is 1. The lowest BCUT2D eigenvalue weighted by atomic mass is 9.82. The van der Waals surface area contributed by atoms with E-state index < -0.39 is 28.9 Å². The summed E-state index contributed by atoms with van der Waals surface area (Å²) >= 11 is 0. The first-order valence-electron chi connectivity index (χ1n) is 8.63. The predicted molar refractivity (Wildman–Crippen MR) is 98.0 cm³/mol. The summed E-state index contributed by atoms with van der Waals surface area (Å²) in [6.07, 6.45) is 3.22. The third-order valence-electron chi connectivity index (χ3n) is 4.52. The van der Waals surface area contributed by atoms with E-state index in [1.165, 1.54) is 29.2 Å². The molecule has 0 radical (unpaired) electrons. The lowest BCUT2D eigenvalue weighted by molar-refractivity contribution is -0.130. The van der Waals surface area contributed by atoms with E-state index in [0.717, 1.165) is 5.56 Å². The molecule has 1 amide bonds. The molecule has 0 fully saturated rings. The summed E-state index contributed by atoms with van der Waals surface area (Å²) in [6.45, 7) is 5.38. The second-order valence-corrected chi connectivity index (χ2v) is 7.58. The zero-order chi connectivity index (χ0) is 19.8. The van der Waals surface area contributed by atoms with Crippen molar-refractivity contribution in [3.05, 3.63) is 77.1 Å². The Bertz CT molecular complexity index is 899. The molecule has 1 unspecified atom stereocenters. The topological polar surface area (TPSA) is 70.5 Å². The Morgan fingerprint density at radius 2 is 1.74 bits per heavy atom. The SMILES string of the molecule is CC(C)(C)C(=O)C1=C(O)C(=O)N(Cc2ccncc2)C1c1ccc(F)cc1. The number of amides is 1. The molecule has 1 atom stereocenters. The van der Waals surface area contributed by atoms with Crippen molar-refractivity contribution in [1.82, 2.24) is 9.88 Å². The Morgan fingerprint density at radius 3 is 2.30 bits per heavy atom. The Balaban J connectivity index is 2.09. The summed E-state index contributed by atoms with van der Waals surface area (Å²) in [5.41, 5.74) is 0.639. The second-order valence-electron chi connectivity index (χ2n) is 7.58. The van der Waals surface area contributed by atoms with Gasteiger partial charge in [0.25, 0.3) is 5.91 Å². The van der Waals surface area contributed by atoms with Gasteiger partial charge in [-0.2, -0.15) is 0 Å². The second kappa shape index (κ2) is 6.95. The molecule has 0 spiro atoms.